The fraction of sp³-hybridized carbons (Fsp3) is 0. The van der Waals surface area contributed by atoms with Crippen molar-refractivity contribution in [2.75, 3.05) is 0 Å². The molecule has 3 N–H and O–H groups in total. The summed E-state index contributed by atoms with van der Waals surface area (Å²) in [5.74, 6) is 0. The Balaban J connectivity index is -0.0000000150. The zero-order valence-electron chi connectivity index (χ0n) is 2.21. The Bertz CT molecular complexity index is 34.7. The first-order valence-electron chi connectivity index (χ1n) is 0.565. The van der Waals surface area contributed by atoms with Gasteiger partial charge in [-0.05, 0) is 0 Å². The number of hydrogen-bond acceptors (Lipinski definition) is 2. The molecule has 0 fully saturated rings. The summed E-state index contributed by atoms with van der Waals surface area (Å²) in [5, 5.41) is 13.6. The summed E-state index contributed by atoms with van der Waals surface area (Å²) in [6.07, 6.45) is 0. The van der Waals surface area contributed by atoms with Gasteiger partial charge in [0.2, 0.25) is 0 Å². The normalized spacial score (nSPS) is 3.43. The molecule has 7 heavy (non-hydrogen) atoms. The van der Waals surface area contributed by atoms with Crippen LogP contribution in [0, 0.1) is 10.1 Å². The van der Waals surface area contributed by atoms with Gasteiger partial charge in [0.05, 0.1) is 0 Å². The summed E-state index contributed by atoms with van der Waals surface area (Å²) in [6.45, 7) is 0. The molecule has 0 rings (SSSR count). The molecule has 0 atom stereocenters. The fourth-order valence-electron chi connectivity index (χ4n) is 0. The van der Waals surface area contributed by atoms with E-state index in [1.165, 1.54) is 0 Å². The molecule has 0 aromatic carbocycles. The molecule has 0 unspecified atom stereocenters. The standard InChI is InChI=1S/Al.Ca.HNO3.H2O.5H/c;;2-1(3)4;;;;;;/h;;(H,2,3,4);1H2;;;;;. The van der Waals surface area contributed by atoms with Crippen LogP contribution < -0.4 is 0 Å². The van der Waals surface area contributed by atoms with Gasteiger partial charge < -0.3 is 10.7 Å². The average Bonchev–Trinajstić information content (AvgIpc) is 0.811. The molecule has 5 nitrogen and oxygen atoms in total. The van der Waals surface area contributed by atoms with Crippen LogP contribution in [0.5, 0.6) is 0 Å². The van der Waals surface area contributed by atoms with Gasteiger partial charge in [-0.15, -0.1) is 10.1 Å². The second-order valence-corrected chi connectivity index (χ2v) is 0.238. The summed E-state index contributed by atoms with van der Waals surface area (Å²) in [7, 11) is 0. The SMILES string of the molecule is O.O=[N+]([O-])O.[AlH3].[CaH2]. The van der Waals surface area contributed by atoms with Crippen molar-refractivity contribution < 1.29 is 15.8 Å². The summed E-state index contributed by atoms with van der Waals surface area (Å²) in [4.78, 5) is 8.36. The molecule has 0 saturated heterocycles. The minimum absolute atomic E-state index is 0. The molecule has 0 bridgehead atoms. The predicted octanol–water partition coefficient (Wildman–Crippen LogP) is -3.27. The maximum absolute atomic E-state index is 8.36. The van der Waals surface area contributed by atoms with Gasteiger partial charge in [0.25, 0.3) is 5.09 Å². The van der Waals surface area contributed by atoms with E-state index >= 15 is 0 Å². The van der Waals surface area contributed by atoms with E-state index in [1.54, 1.807) is 0 Å². The van der Waals surface area contributed by atoms with E-state index in [-0.39, 0.29) is 60.6 Å². The molecule has 0 saturated carbocycles. The first kappa shape index (κ1) is 24.6. The van der Waals surface area contributed by atoms with Crippen LogP contribution in [0.15, 0.2) is 0 Å². The van der Waals surface area contributed by atoms with Gasteiger partial charge in [0.15, 0.2) is 17.4 Å². The molecule has 42 valence electrons. The van der Waals surface area contributed by atoms with Crippen molar-refractivity contribution in [3.05, 3.63) is 10.1 Å². The fourth-order valence-corrected chi connectivity index (χ4v) is 0. The van der Waals surface area contributed by atoms with E-state index in [1.807, 2.05) is 0 Å². The number of hydrogen-bond donors (Lipinski definition) is 1. The van der Waals surface area contributed by atoms with Gasteiger partial charge in [0, 0.05) is 0 Å². The Kier molecular flexibility index (Phi) is 55.4. The van der Waals surface area contributed by atoms with Crippen LogP contribution in [0.4, 0.5) is 0 Å². The van der Waals surface area contributed by atoms with E-state index in [4.69, 9.17) is 15.3 Å². The van der Waals surface area contributed by atoms with E-state index in [2.05, 4.69) is 0 Å². The molecule has 7 heteroatoms. The molecule has 0 heterocycles. The quantitative estimate of drug-likeness (QED) is 0.224. The topological polar surface area (TPSA) is 94.9 Å². The van der Waals surface area contributed by atoms with Crippen LogP contribution in [0.25, 0.3) is 0 Å². The van der Waals surface area contributed by atoms with Crippen LogP contribution in [0.2, 0.25) is 0 Å². The van der Waals surface area contributed by atoms with Crippen molar-refractivity contribution >= 4 is 55.1 Å². The van der Waals surface area contributed by atoms with E-state index in [0.29, 0.717) is 0 Å². The third-order valence-electron chi connectivity index (χ3n) is 0. The van der Waals surface area contributed by atoms with Gasteiger partial charge in [-0.1, -0.05) is 0 Å². The van der Waals surface area contributed by atoms with Crippen molar-refractivity contribution in [2.45, 2.75) is 0 Å². The molecule has 0 spiro atoms. The van der Waals surface area contributed by atoms with E-state index in [9.17, 15) is 0 Å². The second kappa shape index (κ2) is 15.8. The van der Waals surface area contributed by atoms with Crippen molar-refractivity contribution in [3.8, 4) is 0 Å². The first-order valence-corrected chi connectivity index (χ1v) is 0.565. The molecule has 0 aliphatic heterocycles. The summed E-state index contributed by atoms with van der Waals surface area (Å²) < 4.78 is 0. The molecule has 0 amide bonds. The van der Waals surface area contributed by atoms with Crippen LogP contribution >= 0.6 is 0 Å². The zero-order chi connectivity index (χ0) is 3.58. The van der Waals surface area contributed by atoms with Gasteiger partial charge in [-0.3, -0.25) is 0 Å². The summed E-state index contributed by atoms with van der Waals surface area (Å²) >= 11 is 0. The van der Waals surface area contributed by atoms with Gasteiger partial charge in [0.1, 0.15) is 0 Å². The van der Waals surface area contributed by atoms with E-state index in [0.717, 1.165) is 0 Å². The minimum atomic E-state index is -1.50. The predicted molar refractivity (Wildman–Crippen MR) is 30.9 cm³/mol. The molecule has 0 aliphatic carbocycles. The third kappa shape index (κ3) is 188. The van der Waals surface area contributed by atoms with Crippen LogP contribution in [-0.4, -0.2) is 70.9 Å². The zero-order valence-corrected chi connectivity index (χ0v) is 2.21. The van der Waals surface area contributed by atoms with E-state index < -0.39 is 5.09 Å². The summed E-state index contributed by atoms with van der Waals surface area (Å²) in [6, 6.07) is 0. The van der Waals surface area contributed by atoms with Gasteiger partial charge in [-0.2, -0.15) is 0 Å². The van der Waals surface area contributed by atoms with Crippen LogP contribution in [0.3, 0.4) is 0 Å². The number of nitrogens with zero attached hydrogens (tertiary/aromatic N) is 1. The Labute approximate surface area is 80.2 Å². The average molecular weight is 153 g/mol. The van der Waals surface area contributed by atoms with Crippen molar-refractivity contribution in [1.82, 2.24) is 0 Å². The Morgan fingerprint density at radius 1 is 1.57 bits per heavy atom. The Hall–Kier alpha value is 0.952. The van der Waals surface area contributed by atoms with Crippen LogP contribution in [0.1, 0.15) is 0 Å². The molecule has 0 aromatic rings. The molecule has 0 aromatic heterocycles. The third-order valence-corrected chi connectivity index (χ3v) is 0. The molecule has 0 radical (unpaired) electrons. The Morgan fingerprint density at radius 2 is 1.57 bits per heavy atom. The van der Waals surface area contributed by atoms with Crippen molar-refractivity contribution in [3.63, 3.8) is 0 Å². The first-order chi connectivity index (χ1) is 1.73. The van der Waals surface area contributed by atoms with Crippen molar-refractivity contribution in [1.29, 1.82) is 0 Å². The molecular formula is H8AlCaNO4. The van der Waals surface area contributed by atoms with Crippen LogP contribution in [-0.2, 0) is 0 Å². The monoisotopic (exact) mass is 153 g/mol. The maximum atomic E-state index is 8.36. The molecule has 0 aliphatic rings. The van der Waals surface area contributed by atoms with Gasteiger partial charge in [-0.25, -0.2) is 0 Å². The van der Waals surface area contributed by atoms with Gasteiger partial charge >= 0.3 is 37.7 Å². The summed E-state index contributed by atoms with van der Waals surface area (Å²) in [5.41, 5.74) is 0. The number of rotatable bonds is 0. The van der Waals surface area contributed by atoms with Crippen molar-refractivity contribution in [2.24, 2.45) is 0 Å². The Morgan fingerprint density at radius 3 is 1.57 bits per heavy atom. The molecular weight excluding hydrogens is 145 g/mol. The second-order valence-electron chi connectivity index (χ2n) is 0.238.